The molecular weight excluding hydrogens is 297 g/mol. The van der Waals surface area contributed by atoms with Crippen LogP contribution in [0.25, 0.3) is 0 Å². The Morgan fingerprint density at radius 2 is 1.84 bits per heavy atom. The first-order valence-corrected chi connectivity index (χ1v) is 8.94. The lowest BCUT2D eigenvalue weighted by Gasteiger charge is -2.43. The molecule has 1 heterocycles. The van der Waals surface area contributed by atoms with Crippen molar-refractivity contribution in [3.63, 3.8) is 0 Å². The Labute approximate surface area is 112 Å². The summed E-state index contributed by atoms with van der Waals surface area (Å²) in [5.41, 5.74) is 0. The highest BCUT2D eigenvalue weighted by atomic mass is 32.2. The largest absolute Gasteiger partial charge is 0.375 e. The number of nitrogens with zero attached hydrogens (tertiary/aromatic N) is 1. The van der Waals surface area contributed by atoms with Gasteiger partial charge in [0.1, 0.15) is 0 Å². The van der Waals surface area contributed by atoms with Gasteiger partial charge in [0.05, 0.1) is 33.1 Å². The van der Waals surface area contributed by atoms with Gasteiger partial charge in [0.15, 0.2) is 0 Å². The fourth-order valence-electron chi connectivity index (χ4n) is 2.46. The molecule has 0 amide bonds. The molecule has 0 aliphatic carbocycles. The molecule has 2 unspecified atom stereocenters. The zero-order valence-corrected chi connectivity index (χ0v) is 12.6. The van der Waals surface area contributed by atoms with Crippen molar-refractivity contribution in [2.75, 3.05) is 20.6 Å². The number of hydrogen-bond acceptors (Lipinski definition) is 4. The lowest BCUT2D eigenvalue weighted by atomic mass is 9.97. The third kappa shape index (κ3) is 3.36. The molecular formula is C9H21NO7PS+. The molecule has 1 saturated heterocycles. The maximum absolute atomic E-state index is 11.3. The fourth-order valence-corrected chi connectivity index (χ4v) is 4.52. The lowest BCUT2D eigenvalue weighted by Crippen LogP contribution is -2.56. The van der Waals surface area contributed by atoms with Crippen molar-refractivity contribution < 1.29 is 36.9 Å². The molecule has 0 spiro atoms. The van der Waals surface area contributed by atoms with Gasteiger partial charge in [-0.3, -0.25) is 9.12 Å². The average molecular weight is 318 g/mol. The first-order valence-electron chi connectivity index (χ1n) is 5.89. The molecule has 1 aliphatic heterocycles. The molecule has 0 aromatic carbocycles. The highest BCUT2D eigenvalue weighted by Gasteiger charge is 2.59. The van der Waals surface area contributed by atoms with Gasteiger partial charge in [-0.25, -0.2) is 0 Å². The van der Waals surface area contributed by atoms with Crippen LogP contribution in [-0.4, -0.2) is 63.7 Å². The van der Waals surface area contributed by atoms with Crippen molar-refractivity contribution in [3.8, 4) is 0 Å². The average Bonchev–Trinajstić information content (AvgIpc) is 2.17. The molecule has 1 rings (SSSR count). The van der Waals surface area contributed by atoms with Crippen LogP contribution in [0.3, 0.4) is 0 Å². The molecule has 114 valence electrons. The van der Waals surface area contributed by atoms with E-state index in [9.17, 15) is 18.1 Å². The second kappa shape index (κ2) is 5.07. The molecule has 4 N–H and O–H groups in total. The quantitative estimate of drug-likeness (QED) is 0.318. The molecule has 0 aromatic heterocycles. The fraction of sp³-hybridized carbons (Fsp3) is 1.00. The van der Waals surface area contributed by atoms with Crippen LogP contribution < -0.4 is 0 Å². The monoisotopic (exact) mass is 318 g/mol. The van der Waals surface area contributed by atoms with Crippen molar-refractivity contribution in [2.45, 2.75) is 36.4 Å². The summed E-state index contributed by atoms with van der Waals surface area (Å²) in [6.07, 6.45) is 1.55. The predicted octanol–water partition coefficient (Wildman–Crippen LogP) is -0.283. The van der Waals surface area contributed by atoms with Gasteiger partial charge in [0.25, 0.3) is 4.67 Å². The van der Waals surface area contributed by atoms with Crippen molar-refractivity contribution in [2.24, 2.45) is 0 Å². The number of likely N-dealkylation sites (tertiary alicyclic amines) is 1. The lowest BCUT2D eigenvalue weighted by molar-refractivity contribution is -0.920. The Morgan fingerprint density at radius 3 is 2.21 bits per heavy atom. The van der Waals surface area contributed by atoms with E-state index in [0.717, 1.165) is 12.8 Å². The van der Waals surface area contributed by atoms with Crippen molar-refractivity contribution in [3.05, 3.63) is 0 Å². The van der Waals surface area contributed by atoms with Crippen LogP contribution in [0.1, 0.15) is 25.7 Å². The van der Waals surface area contributed by atoms with Crippen LogP contribution in [0.15, 0.2) is 0 Å². The zero-order valence-electron chi connectivity index (χ0n) is 10.9. The van der Waals surface area contributed by atoms with Crippen LogP contribution >= 0.6 is 7.60 Å². The number of aliphatic hydroxyl groups is 1. The minimum absolute atomic E-state index is 0.345. The van der Waals surface area contributed by atoms with Crippen molar-refractivity contribution in [1.29, 1.82) is 0 Å². The second-order valence-corrected chi connectivity index (χ2v) is 9.37. The molecule has 0 radical (unpaired) electrons. The Bertz CT molecular complexity index is 485. The van der Waals surface area contributed by atoms with E-state index in [-0.39, 0.29) is 0 Å². The van der Waals surface area contributed by atoms with Crippen LogP contribution in [0, 0.1) is 0 Å². The molecule has 0 bridgehead atoms. The third-order valence-corrected chi connectivity index (χ3v) is 7.37. The van der Waals surface area contributed by atoms with Crippen molar-refractivity contribution >= 4 is 17.7 Å². The van der Waals surface area contributed by atoms with Gasteiger partial charge in [0.2, 0.25) is 0 Å². The molecule has 1 fully saturated rings. The SMILES string of the molecule is C[N+]1(C)CCCCC1CC(O)(P(=O)(O)O)S(=O)(=O)O. The highest BCUT2D eigenvalue weighted by molar-refractivity contribution is 7.94. The molecule has 8 nitrogen and oxygen atoms in total. The van der Waals surface area contributed by atoms with Gasteiger partial charge in [-0.15, -0.1) is 0 Å². The Kier molecular flexibility index (Phi) is 4.54. The summed E-state index contributed by atoms with van der Waals surface area (Å²) >= 11 is 0. The topological polar surface area (TPSA) is 132 Å². The predicted molar refractivity (Wildman–Crippen MR) is 67.8 cm³/mol. The van der Waals surface area contributed by atoms with Gasteiger partial charge in [-0.05, 0) is 19.3 Å². The molecule has 1 aliphatic rings. The third-order valence-electron chi connectivity index (χ3n) is 3.88. The summed E-state index contributed by atoms with van der Waals surface area (Å²) < 4.78 is 39.6. The molecule has 0 saturated carbocycles. The standard InChI is InChI=1S/C9H20NO7PS/c1-10(2)6-4-3-5-8(10)7-9(11,18(12,13)14)19(15,16)17/h8,11H,3-7H2,1-2H3,(H2-,12,13,14,15,16,17)/p+1. The summed E-state index contributed by atoms with van der Waals surface area (Å²) in [7, 11) is -7.11. The van der Waals surface area contributed by atoms with E-state index < -0.39 is 34.9 Å². The minimum Gasteiger partial charge on any atom is -0.363 e. The Hall–Kier alpha value is -0.0200. The van der Waals surface area contributed by atoms with E-state index >= 15 is 0 Å². The van der Waals surface area contributed by atoms with Gasteiger partial charge in [0, 0.05) is 0 Å². The molecule has 10 heteroatoms. The number of rotatable bonds is 4. The first kappa shape index (κ1) is 17.0. The maximum Gasteiger partial charge on any atom is 0.375 e. The summed E-state index contributed by atoms with van der Waals surface area (Å²) in [5, 5.41) is 9.86. The smallest absolute Gasteiger partial charge is 0.363 e. The summed E-state index contributed by atoms with van der Waals surface area (Å²) in [6, 6.07) is -0.451. The van der Waals surface area contributed by atoms with E-state index in [2.05, 4.69) is 0 Å². The number of piperidine rings is 1. The van der Waals surface area contributed by atoms with E-state index in [0.29, 0.717) is 17.4 Å². The number of hydrogen-bond donors (Lipinski definition) is 4. The van der Waals surface area contributed by atoms with Crippen molar-refractivity contribution in [1.82, 2.24) is 0 Å². The minimum atomic E-state index is -5.42. The van der Waals surface area contributed by atoms with Crippen LogP contribution in [0.4, 0.5) is 0 Å². The molecule has 2 atom stereocenters. The number of quaternary nitrogens is 1. The zero-order chi connectivity index (χ0) is 15.1. The van der Waals surface area contributed by atoms with E-state index in [1.807, 2.05) is 0 Å². The Morgan fingerprint density at radius 1 is 1.32 bits per heavy atom. The van der Waals surface area contributed by atoms with Gasteiger partial charge in [-0.2, -0.15) is 8.42 Å². The second-order valence-electron chi connectivity index (χ2n) is 5.62. The molecule has 0 aromatic rings. The maximum atomic E-state index is 11.3. The molecule has 19 heavy (non-hydrogen) atoms. The van der Waals surface area contributed by atoms with Crippen LogP contribution in [-0.2, 0) is 14.7 Å². The Balaban J connectivity index is 3.14. The highest BCUT2D eigenvalue weighted by Crippen LogP contribution is 2.55. The summed E-state index contributed by atoms with van der Waals surface area (Å²) in [4.78, 5) is 18.2. The summed E-state index contributed by atoms with van der Waals surface area (Å²) in [6.45, 7) is 0.716. The normalized spacial score (nSPS) is 27.8. The van der Waals surface area contributed by atoms with Gasteiger partial charge < -0.3 is 19.4 Å². The summed E-state index contributed by atoms with van der Waals surface area (Å²) in [5.74, 6) is 0. The van der Waals surface area contributed by atoms with Crippen LogP contribution in [0.2, 0.25) is 0 Å². The van der Waals surface area contributed by atoms with Crippen LogP contribution in [0.5, 0.6) is 0 Å². The van der Waals surface area contributed by atoms with Gasteiger partial charge >= 0.3 is 17.7 Å². The first-order chi connectivity index (χ1) is 8.31. The van der Waals surface area contributed by atoms with E-state index in [1.54, 1.807) is 14.1 Å². The van der Waals surface area contributed by atoms with E-state index in [1.165, 1.54) is 0 Å². The van der Waals surface area contributed by atoms with Gasteiger partial charge in [-0.1, -0.05) is 0 Å². The van der Waals surface area contributed by atoms with E-state index in [4.69, 9.17) is 14.3 Å².